The Morgan fingerprint density at radius 1 is 1.06 bits per heavy atom. The molecular formula is C11H12Cl2N2O2. The van der Waals surface area contributed by atoms with Gasteiger partial charge in [0.2, 0.25) is 0 Å². The standard InChI is InChI=1S/C11H12Cl2N2O2/c1-14(2)11(17)15(3)10(16)9-7(12)5-4-6-8(9)13/h4-6H,1-3H3. The number of hydrogen-bond acceptors (Lipinski definition) is 2. The SMILES string of the molecule is CN(C)C(=O)N(C)C(=O)c1c(Cl)cccc1Cl. The molecule has 0 aromatic heterocycles. The monoisotopic (exact) mass is 274 g/mol. The molecule has 0 aliphatic rings. The quantitative estimate of drug-likeness (QED) is 0.790. The number of hydrogen-bond donors (Lipinski definition) is 0. The third-order valence-electron chi connectivity index (χ3n) is 2.15. The largest absolute Gasteiger partial charge is 0.330 e. The van der Waals surface area contributed by atoms with Crippen LogP contribution in [0.25, 0.3) is 0 Å². The number of imide groups is 1. The highest BCUT2D eigenvalue weighted by molar-refractivity contribution is 6.40. The molecule has 0 aliphatic heterocycles. The van der Waals surface area contributed by atoms with Gasteiger partial charge < -0.3 is 4.90 Å². The van der Waals surface area contributed by atoms with Crippen molar-refractivity contribution >= 4 is 35.1 Å². The lowest BCUT2D eigenvalue weighted by molar-refractivity contribution is 0.0810. The lowest BCUT2D eigenvalue weighted by atomic mass is 10.2. The van der Waals surface area contributed by atoms with Crippen LogP contribution in [0.1, 0.15) is 10.4 Å². The predicted octanol–water partition coefficient (Wildman–Crippen LogP) is 2.75. The molecule has 0 aliphatic carbocycles. The summed E-state index contributed by atoms with van der Waals surface area (Å²) in [5.74, 6) is -0.528. The zero-order chi connectivity index (χ0) is 13.2. The van der Waals surface area contributed by atoms with Gasteiger partial charge in [-0.15, -0.1) is 0 Å². The highest BCUT2D eigenvalue weighted by atomic mass is 35.5. The van der Waals surface area contributed by atoms with Gasteiger partial charge in [0.15, 0.2) is 0 Å². The molecule has 0 N–H and O–H groups in total. The first-order chi connectivity index (χ1) is 7.86. The summed E-state index contributed by atoms with van der Waals surface area (Å²) in [6.07, 6.45) is 0. The maximum absolute atomic E-state index is 12.0. The van der Waals surface area contributed by atoms with E-state index in [0.29, 0.717) is 0 Å². The molecule has 17 heavy (non-hydrogen) atoms. The number of amides is 3. The van der Waals surface area contributed by atoms with E-state index in [0.717, 1.165) is 4.90 Å². The molecule has 0 heterocycles. The molecule has 0 bridgehead atoms. The molecule has 6 heteroatoms. The van der Waals surface area contributed by atoms with Crippen LogP contribution in [0.15, 0.2) is 18.2 Å². The Balaban J connectivity index is 3.09. The van der Waals surface area contributed by atoms with Gasteiger partial charge in [0, 0.05) is 21.1 Å². The van der Waals surface area contributed by atoms with Crippen LogP contribution in [0.5, 0.6) is 0 Å². The van der Waals surface area contributed by atoms with Crippen molar-refractivity contribution in [1.82, 2.24) is 9.80 Å². The highest BCUT2D eigenvalue weighted by Gasteiger charge is 2.23. The van der Waals surface area contributed by atoms with Gasteiger partial charge in [-0.1, -0.05) is 29.3 Å². The molecule has 0 spiro atoms. The molecule has 92 valence electrons. The average Bonchev–Trinajstić information content (AvgIpc) is 2.26. The van der Waals surface area contributed by atoms with Gasteiger partial charge in [0.05, 0.1) is 15.6 Å². The highest BCUT2D eigenvalue weighted by Crippen LogP contribution is 2.25. The van der Waals surface area contributed by atoms with Gasteiger partial charge >= 0.3 is 6.03 Å². The normalized spacial score (nSPS) is 9.94. The van der Waals surface area contributed by atoms with Crippen LogP contribution in [0.2, 0.25) is 10.0 Å². The molecule has 1 aromatic rings. The summed E-state index contributed by atoms with van der Waals surface area (Å²) in [6, 6.07) is 4.30. The van der Waals surface area contributed by atoms with Gasteiger partial charge in [-0.25, -0.2) is 4.79 Å². The smallest absolute Gasteiger partial charge is 0.326 e. The number of carbonyl (C=O) groups excluding carboxylic acids is 2. The Labute approximate surface area is 110 Å². The van der Waals surface area contributed by atoms with Crippen LogP contribution in [0.4, 0.5) is 4.79 Å². The predicted molar refractivity (Wildman–Crippen MR) is 67.6 cm³/mol. The molecule has 0 unspecified atom stereocenters. The number of urea groups is 1. The second-order valence-electron chi connectivity index (χ2n) is 3.64. The van der Waals surface area contributed by atoms with Crippen LogP contribution in [-0.2, 0) is 0 Å². The summed E-state index contributed by atoms with van der Waals surface area (Å²) >= 11 is 11.8. The second-order valence-corrected chi connectivity index (χ2v) is 4.45. The summed E-state index contributed by atoms with van der Waals surface area (Å²) < 4.78 is 0. The summed E-state index contributed by atoms with van der Waals surface area (Å²) in [5.41, 5.74) is 0.133. The Morgan fingerprint density at radius 2 is 1.53 bits per heavy atom. The Bertz CT molecular complexity index is 441. The second kappa shape index (κ2) is 5.38. The molecule has 3 amide bonds. The van der Waals surface area contributed by atoms with E-state index in [1.165, 1.54) is 11.9 Å². The number of rotatable bonds is 1. The average molecular weight is 275 g/mol. The van der Waals surface area contributed by atoms with Crippen molar-refractivity contribution in [3.8, 4) is 0 Å². The van der Waals surface area contributed by atoms with E-state index in [1.54, 1.807) is 32.3 Å². The summed E-state index contributed by atoms with van der Waals surface area (Å²) in [6.45, 7) is 0. The minimum absolute atomic E-state index is 0.133. The van der Waals surface area contributed by atoms with E-state index in [4.69, 9.17) is 23.2 Å². The summed E-state index contributed by atoms with van der Waals surface area (Å²) in [4.78, 5) is 25.9. The Kier molecular flexibility index (Phi) is 4.37. The fourth-order valence-electron chi connectivity index (χ4n) is 1.26. The number of carbonyl (C=O) groups is 2. The van der Waals surface area contributed by atoms with Crippen molar-refractivity contribution in [3.05, 3.63) is 33.8 Å². The van der Waals surface area contributed by atoms with Crippen LogP contribution in [0, 0.1) is 0 Å². The van der Waals surface area contributed by atoms with Gasteiger partial charge in [0.25, 0.3) is 5.91 Å². The molecular weight excluding hydrogens is 263 g/mol. The molecule has 0 saturated carbocycles. The van der Waals surface area contributed by atoms with Gasteiger partial charge in [-0.2, -0.15) is 0 Å². The van der Waals surface area contributed by atoms with Crippen LogP contribution in [-0.4, -0.2) is 42.9 Å². The fraction of sp³-hybridized carbons (Fsp3) is 0.273. The molecule has 0 radical (unpaired) electrons. The van der Waals surface area contributed by atoms with E-state index in [-0.39, 0.29) is 15.6 Å². The molecule has 1 rings (SSSR count). The van der Waals surface area contributed by atoms with Gasteiger partial charge in [0.1, 0.15) is 0 Å². The van der Waals surface area contributed by atoms with E-state index in [1.807, 2.05) is 0 Å². The molecule has 4 nitrogen and oxygen atoms in total. The fourth-order valence-corrected chi connectivity index (χ4v) is 1.82. The lowest BCUT2D eigenvalue weighted by Crippen LogP contribution is -2.40. The van der Waals surface area contributed by atoms with E-state index < -0.39 is 11.9 Å². The van der Waals surface area contributed by atoms with Crippen LogP contribution in [0.3, 0.4) is 0 Å². The molecule has 1 aromatic carbocycles. The van der Waals surface area contributed by atoms with Crippen LogP contribution < -0.4 is 0 Å². The minimum Gasteiger partial charge on any atom is -0.330 e. The third-order valence-corrected chi connectivity index (χ3v) is 2.78. The topological polar surface area (TPSA) is 40.6 Å². The Hall–Kier alpha value is -1.26. The number of nitrogens with zero attached hydrogens (tertiary/aromatic N) is 2. The molecule has 0 saturated heterocycles. The van der Waals surface area contributed by atoms with E-state index in [9.17, 15) is 9.59 Å². The maximum Gasteiger partial charge on any atom is 0.326 e. The maximum atomic E-state index is 12.0. The minimum atomic E-state index is -0.528. The van der Waals surface area contributed by atoms with Crippen molar-refractivity contribution in [2.75, 3.05) is 21.1 Å². The van der Waals surface area contributed by atoms with Gasteiger partial charge in [-0.3, -0.25) is 9.69 Å². The van der Waals surface area contributed by atoms with Crippen molar-refractivity contribution in [2.45, 2.75) is 0 Å². The van der Waals surface area contributed by atoms with E-state index >= 15 is 0 Å². The van der Waals surface area contributed by atoms with Crippen molar-refractivity contribution in [1.29, 1.82) is 0 Å². The zero-order valence-corrected chi connectivity index (χ0v) is 11.2. The summed E-state index contributed by atoms with van der Waals surface area (Å²) in [5, 5.41) is 0.446. The van der Waals surface area contributed by atoms with Crippen molar-refractivity contribution in [3.63, 3.8) is 0 Å². The molecule has 0 atom stereocenters. The van der Waals surface area contributed by atoms with E-state index in [2.05, 4.69) is 0 Å². The lowest BCUT2D eigenvalue weighted by Gasteiger charge is -2.20. The molecule has 0 fully saturated rings. The third kappa shape index (κ3) is 2.90. The Morgan fingerprint density at radius 3 is 1.94 bits per heavy atom. The first-order valence-electron chi connectivity index (χ1n) is 4.79. The first-order valence-corrected chi connectivity index (χ1v) is 5.55. The van der Waals surface area contributed by atoms with Crippen molar-refractivity contribution in [2.24, 2.45) is 0 Å². The summed E-state index contributed by atoms with van der Waals surface area (Å²) in [7, 11) is 4.49. The van der Waals surface area contributed by atoms with Crippen molar-refractivity contribution < 1.29 is 9.59 Å². The first kappa shape index (κ1) is 13.8. The zero-order valence-electron chi connectivity index (χ0n) is 9.70. The van der Waals surface area contributed by atoms with Crippen LogP contribution >= 0.6 is 23.2 Å². The van der Waals surface area contributed by atoms with Gasteiger partial charge in [-0.05, 0) is 12.1 Å². The number of halogens is 2. The number of benzene rings is 1.